The largest absolute Gasteiger partial charge is 0.507 e. The van der Waals surface area contributed by atoms with Crippen LogP contribution in [0.5, 0.6) is 5.75 Å². The van der Waals surface area contributed by atoms with E-state index in [4.69, 9.17) is 9.16 Å². The standard InChI is InChI=1S/C45H49NO8Si/c1-45(2,3)55(34-19-10-6-11-20-34,35-21-12-7-13-22-35)54-29-33-27-36-41(43(51)46(42(36)50)44(52)53-4)37(28-47)40(33)39(49)25-24-31(30-16-8-5-9-17-30)26-32-18-14-15-23-38(32)48/h5-23,26,36-37,39,41,47-49H,24-25,27-29H2,1-4H3/b31-26-/t36-,37+,39-,41-/m1/s1. The summed E-state index contributed by atoms with van der Waals surface area (Å²) in [7, 11) is -2.00. The molecule has 0 radical (unpaired) electrons. The summed E-state index contributed by atoms with van der Waals surface area (Å²) < 4.78 is 12.1. The van der Waals surface area contributed by atoms with Gasteiger partial charge in [0.15, 0.2) is 0 Å². The van der Waals surface area contributed by atoms with E-state index in [-0.39, 0.29) is 30.2 Å². The zero-order valence-corrected chi connectivity index (χ0v) is 32.7. The maximum absolute atomic E-state index is 13.8. The Morgan fingerprint density at radius 3 is 1.98 bits per heavy atom. The van der Waals surface area contributed by atoms with Crippen LogP contribution in [0.15, 0.2) is 126 Å². The molecule has 4 aromatic carbocycles. The van der Waals surface area contributed by atoms with Gasteiger partial charge in [0.25, 0.3) is 8.32 Å². The number of rotatable bonds is 12. The predicted octanol–water partition coefficient (Wildman–Crippen LogP) is 6.33. The van der Waals surface area contributed by atoms with Crippen molar-refractivity contribution in [1.29, 1.82) is 0 Å². The van der Waals surface area contributed by atoms with Crippen molar-refractivity contribution in [3.8, 4) is 5.75 Å². The van der Waals surface area contributed by atoms with Gasteiger partial charge in [-0.25, -0.2) is 4.79 Å². The second kappa shape index (κ2) is 16.7. The molecule has 1 aliphatic heterocycles. The summed E-state index contributed by atoms with van der Waals surface area (Å²) in [4.78, 5) is 40.9. The van der Waals surface area contributed by atoms with Gasteiger partial charge in [-0.1, -0.05) is 130 Å². The Balaban J connectivity index is 1.44. The first-order chi connectivity index (χ1) is 26.4. The van der Waals surface area contributed by atoms with Crippen LogP contribution >= 0.6 is 0 Å². The molecule has 2 aliphatic rings. The van der Waals surface area contributed by atoms with Crippen molar-refractivity contribution in [3.05, 3.63) is 138 Å². The zero-order valence-electron chi connectivity index (χ0n) is 31.7. The number of phenols is 1. The Hall–Kier alpha value is -5.13. The predicted molar refractivity (Wildman–Crippen MR) is 215 cm³/mol. The molecular formula is C45H49NO8Si. The molecule has 10 heteroatoms. The third-order valence-corrected chi connectivity index (χ3v) is 16.1. The van der Waals surface area contributed by atoms with Crippen LogP contribution in [-0.2, 0) is 18.8 Å². The first-order valence-corrected chi connectivity index (χ1v) is 20.6. The number of amides is 3. The second-order valence-electron chi connectivity index (χ2n) is 15.3. The van der Waals surface area contributed by atoms with Crippen LogP contribution in [0.25, 0.3) is 11.6 Å². The van der Waals surface area contributed by atoms with Crippen LogP contribution in [0.1, 0.15) is 51.2 Å². The number of para-hydroxylation sites is 1. The number of fused-ring (bicyclic) bond motifs is 1. The minimum atomic E-state index is -3.11. The van der Waals surface area contributed by atoms with E-state index in [0.29, 0.717) is 28.0 Å². The normalized spacial score (nSPS) is 19.7. The molecule has 55 heavy (non-hydrogen) atoms. The summed E-state index contributed by atoms with van der Waals surface area (Å²) in [5, 5.41) is 35.7. The van der Waals surface area contributed by atoms with Crippen molar-refractivity contribution < 1.29 is 38.9 Å². The van der Waals surface area contributed by atoms with Crippen LogP contribution in [0.3, 0.4) is 0 Å². The number of imide groups is 3. The molecule has 4 atom stereocenters. The van der Waals surface area contributed by atoms with Crippen molar-refractivity contribution in [3.63, 3.8) is 0 Å². The van der Waals surface area contributed by atoms with Crippen molar-refractivity contribution in [1.82, 2.24) is 4.90 Å². The van der Waals surface area contributed by atoms with Crippen molar-refractivity contribution in [2.75, 3.05) is 20.3 Å². The van der Waals surface area contributed by atoms with Crippen LogP contribution in [0.4, 0.5) is 4.79 Å². The molecule has 1 fully saturated rings. The molecule has 6 rings (SSSR count). The number of aliphatic hydroxyl groups excluding tert-OH is 2. The maximum atomic E-state index is 13.8. The average molecular weight is 760 g/mol. The fraction of sp³-hybridized carbons (Fsp3) is 0.311. The van der Waals surface area contributed by atoms with Gasteiger partial charge in [-0.05, 0) is 69.1 Å². The second-order valence-corrected chi connectivity index (χ2v) is 19.6. The zero-order chi connectivity index (χ0) is 39.3. The highest BCUT2D eigenvalue weighted by Crippen LogP contribution is 2.47. The first-order valence-electron chi connectivity index (χ1n) is 18.7. The molecule has 1 saturated heterocycles. The molecule has 0 saturated carbocycles. The molecule has 0 aromatic heterocycles. The van der Waals surface area contributed by atoms with Gasteiger partial charge in [-0.3, -0.25) is 9.59 Å². The molecular weight excluding hydrogens is 711 g/mol. The molecule has 3 amide bonds. The molecule has 9 nitrogen and oxygen atoms in total. The summed E-state index contributed by atoms with van der Waals surface area (Å²) in [6.45, 7) is 5.96. The Labute approximate surface area is 323 Å². The molecule has 1 heterocycles. The fourth-order valence-corrected chi connectivity index (χ4v) is 13.1. The Kier molecular flexibility index (Phi) is 12.0. The number of carbonyl (C=O) groups is 3. The lowest BCUT2D eigenvalue weighted by atomic mass is 9.68. The highest BCUT2D eigenvalue weighted by molar-refractivity contribution is 6.99. The summed E-state index contributed by atoms with van der Waals surface area (Å²) >= 11 is 0. The molecule has 0 spiro atoms. The van der Waals surface area contributed by atoms with E-state index < -0.39 is 56.7 Å². The van der Waals surface area contributed by atoms with E-state index in [0.717, 1.165) is 28.6 Å². The summed E-state index contributed by atoms with van der Waals surface area (Å²) in [6, 6.07) is 37.0. The van der Waals surface area contributed by atoms with E-state index in [1.54, 1.807) is 12.1 Å². The third kappa shape index (κ3) is 7.73. The number of nitrogens with zero attached hydrogens (tertiary/aromatic N) is 1. The molecule has 286 valence electrons. The average Bonchev–Trinajstić information content (AvgIpc) is 3.45. The van der Waals surface area contributed by atoms with Crippen LogP contribution in [-0.4, -0.2) is 72.9 Å². The topological polar surface area (TPSA) is 134 Å². The number of phenolic OH excluding ortho intramolecular Hbond substituents is 1. The number of aromatic hydroxyl groups is 1. The monoisotopic (exact) mass is 759 g/mol. The minimum Gasteiger partial charge on any atom is -0.507 e. The van der Waals surface area contributed by atoms with Gasteiger partial charge in [0.2, 0.25) is 11.8 Å². The number of benzene rings is 4. The Morgan fingerprint density at radius 1 is 0.873 bits per heavy atom. The van der Waals surface area contributed by atoms with E-state index >= 15 is 0 Å². The number of hydrogen-bond acceptors (Lipinski definition) is 8. The van der Waals surface area contributed by atoms with Gasteiger partial charge >= 0.3 is 6.09 Å². The lowest BCUT2D eigenvalue weighted by molar-refractivity contribution is -0.137. The van der Waals surface area contributed by atoms with Gasteiger partial charge < -0.3 is 24.5 Å². The number of aliphatic hydroxyl groups is 2. The smallest absolute Gasteiger partial charge is 0.423 e. The van der Waals surface area contributed by atoms with Crippen molar-refractivity contribution >= 4 is 48.2 Å². The summed E-state index contributed by atoms with van der Waals surface area (Å²) in [6.07, 6.45) is 0.301. The lowest BCUT2D eigenvalue weighted by Crippen LogP contribution is -2.66. The number of ether oxygens (including phenoxy) is 1. The number of methoxy groups -OCH3 is 1. The van der Waals surface area contributed by atoms with Gasteiger partial charge in [0, 0.05) is 11.5 Å². The van der Waals surface area contributed by atoms with E-state index in [1.165, 1.54) is 0 Å². The SMILES string of the molecule is COC(=O)N1C(=O)[C@@H]2[C@@H](CC(CO[Si](c3ccccc3)(c3ccccc3)C(C)(C)C)=C([C@H](O)CC/C(=C/c3ccccc3O)c3ccccc3)[C@@H]2CO)C1=O. The fourth-order valence-electron chi connectivity index (χ4n) is 8.52. The minimum absolute atomic E-state index is 0.0261. The Morgan fingerprint density at radius 2 is 1.44 bits per heavy atom. The summed E-state index contributed by atoms with van der Waals surface area (Å²) in [5.41, 5.74) is 3.48. The quantitative estimate of drug-likeness (QED) is 0.0662. The van der Waals surface area contributed by atoms with Crippen LogP contribution < -0.4 is 10.4 Å². The molecule has 4 aromatic rings. The Bertz CT molecular complexity index is 2020. The number of hydrogen-bond donors (Lipinski definition) is 3. The van der Waals surface area contributed by atoms with Gasteiger partial charge in [-0.2, -0.15) is 4.90 Å². The molecule has 0 unspecified atom stereocenters. The van der Waals surface area contributed by atoms with E-state index in [9.17, 15) is 29.7 Å². The number of likely N-dealkylation sites (tertiary alicyclic amines) is 1. The summed E-state index contributed by atoms with van der Waals surface area (Å²) in [5.74, 6) is -4.28. The van der Waals surface area contributed by atoms with Crippen molar-refractivity contribution in [2.24, 2.45) is 17.8 Å². The van der Waals surface area contributed by atoms with E-state index in [1.807, 2.05) is 84.9 Å². The van der Waals surface area contributed by atoms with Crippen LogP contribution in [0, 0.1) is 17.8 Å². The van der Waals surface area contributed by atoms with Gasteiger partial charge in [-0.15, -0.1) is 0 Å². The van der Waals surface area contributed by atoms with Gasteiger partial charge in [0.05, 0.1) is 38.3 Å². The molecule has 0 bridgehead atoms. The highest BCUT2D eigenvalue weighted by atomic mass is 28.4. The number of carbonyl (C=O) groups excluding carboxylic acids is 3. The van der Waals surface area contributed by atoms with Gasteiger partial charge in [0.1, 0.15) is 5.75 Å². The maximum Gasteiger partial charge on any atom is 0.423 e. The van der Waals surface area contributed by atoms with Crippen molar-refractivity contribution in [2.45, 2.75) is 51.2 Å². The third-order valence-electron chi connectivity index (χ3n) is 11.1. The lowest BCUT2D eigenvalue weighted by Gasteiger charge is -2.44. The molecule has 1 aliphatic carbocycles. The number of allylic oxidation sites excluding steroid dienone is 1. The van der Waals surface area contributed by atoms with Crippen LogP contribution in [0.2, 0.25) is 5.04 Å². The molecule has 3 N–H and O–H groups in total. The highest BCUT2D eigenvalue weighted by Gasteiger charge is 2.58. The van der Waals surface area contributed by atoms with E-state index in [2.05, 4.69) is 45.0 Å². The first kappa shape index (κ1) is 39.6.